The first-order chi connectivity index (χ1) is 11.5. The Morgan fingerprint density at radius 1 is 0.750 bits per heavy atom. The smallest absolute Gasteiger partial charge is 0.0570 e. The summed E-state index contributed by atoms with van der Waals surface area (Å²) in [5.74, 6) is 0. The summed E-state index contributed by atoms with van der Waals surface area (Å²) in [4.78, 5) is 0. The summed E-state index contributed by atoms with van der Waals surface area (Å²) < 4.78 is 2.40. The molecule has 0 aliphatic rings. The maximum Gasteiger partial charge on any atom is 0.0570 e. The molecule has 1 heterocycles. The molecule has 0 bridgehead atoms. The molecule has 3 aromatic carbocycles. The van der Waals surface area contributed by atoms with Gasteiger partial charge in [-0.05, 0) is 47.7 Å². The summed E-state index contributed by atoms with van der Waals surface area (Å²) in [6, 6.07) is 24.1. The van der Waals surface area contributed by atoms with E-state index < -0.39 is 0 Å². The topological polar surface area (TPSA) is 4.93 Å². The number of rotatable bonds is 1. The molecule has 0 aliphatic heterocycles. The summed E-state index contributed by atoms with van der Waals surface area (Å²) >= 11 is 0. The number of benzene rings is 3. The van der Waals surface area contributed by atoms with Crippen molar-refractivity contribution < 1.29 is 0 Å². The summed E-state index contributed by atoms with van der Waals surface area (Å²) in [5.41, 5.74) is 6.68. The molecule has 0 amide bonds. The van der Waals surface area contributed by atoms with Crippen LogP contribution in [0.5, 0.6) is 0 Å². The normalized spacial score (nSPS) is 12.2. The highest BCUT2D eigenvalue weighted by Crippen LogP contribution is 2.37. The van der Waals surface area contributed by atoms with Crippen LogP contribution >= 0.6 is 0 Å². The van der Waals surface area contributed by atoms with Crippen molar-refractivity contribution in [3.63, 3.8) is 0 Å². The van der Waals surface area contributed by atoms with E-state index in [0.717, 1.165) is 0 Å². The molecule has 0 fully saturated rings. The lowest BCUT2D eigenvalue weighted by Crippen LogP contribution is -2.11. The van der Waals surface area contributed by atoms with Crippen LogP contribution in [0.2, 0.25) is 0 Å². The second-order valence-corrected chi connectivity index (χ2v) is 7.63. The molecule has 4 aromatic rings. The van der Waals surface area contributed by atoms with E-state index in [1.165, 1.54) is 38.6 Å². The first-order valence-corrected chi connectivity index (χ1v) is 8.56. The third kappa shape index (κ3) is 2.24. The molecule has 1 aromatic heterocycles. The van der Waals surface area contributed by atoms with Gasteiger partial charge in [0.15, 0.2) is 0 Å². The molecule has 0 saturated heterocycles. The summed E-state index contributed by atoms with van der Waals surface area (Å²) in [7, 11) is 0. The van der Waals surface area contributed by atoms with Gasteiger partial charge in [-0.1, -0.05) is 63.2 Å². The Hall–Kier alpha value is -2.54. The van der Waals surface area contributed by atoms with Crippen LogP contribution in [0.1, 0.15) is 31.9 Å². The fourth-order valence-electron chi connectivity index (χ4n) is 3.58. The predicted molar refractivity (Wildman–Crippen MR) is 104 cm³/mol. The molecule has 0 atom stereocenters. The number of aromatic nitrogens is 1. The van der Waals surface area contributed by atoms with Gasteiger partial charge in [-0.15, -0.1) is 0 Å². The quantitative estimate of drug-likeness (QED) is 0.384. The van der Waals surface area contributed by atoms with E-state index in [1.54, 1.807) is 0 Å². The SMILES string of the molecule is Cc1cc(C(C)(C)C)cc2c3ccccc3n(-c3ccccc3)c12. The zero-order chi connectivity index (χ0) is 16.9. The van der Waals surface area contributed by atoms with Crippen molar-refractivity contribution in [1.82, 2.24) is 4.57 Å². The van der Waals surface area contributed by atoms with Crippen molar-refractivity contribution in [1.29, 1.82) is 0 Å². The highest BCUT2D eigenvalue weighted by molar-refractivity contribution is 6.10. The van der Waals surface area contributed by atoms with Gasteiger partial charge in [0, 0.05) is 16.5 Å². The number of nitrogens with zero attached hydrogens (tertiary/aromatic N) is 1. The summed E-state index contributed by atoms with van der Waals surface area (Å²) in [6.07, 6.45) is 0. The lowest BCUT2D eigenvalue weighted by atomic mass is 9.85. The monoisotopic (exact) mass is 313 g/mol. The van der Waals surface area contributed by atoms with Crippen LogP contribution < -0.4 is 0 Å². The highest BCUT2D eigenvalue weighted by atomic mass is 15.0. The van der Waals surface area contributed by atoms with Crippen molar-refractivity contribution in [3.8, 4) is 5.69 Å². The van der Waals surface area contributed by atoms with Gasteiger partial charge in [-0.3, -0.25) is 0 Å². The van der Waals surface area contributed by atoms with Crippen LogP contribution in [-0.4, -0.2) is 4.57 Å². The average molecular weight is 313 g/mol. The fraction of sp³-hybridized carbons (Fsp3) is 0.217. The second-order valence-electron chi connectivity index (χ2n) is 7.63. The molecule has 0 spiro atoms. The maximum absolute atomic E-state index is 2.40. The maximum atomic E-state index is 2.40. The molecule has 0 saturated carbocycles. The van der Waals surface area contributed by atoms with Crippen molar-refractivity contribution in [2.75, 3.05) is 0 Å². The first-order valence-electron chi connectivity index (χ1n) is 8.56. The van der Waals surface area contributed by atoms with Gasteiger partial charge < -0.3 is 4.57 Å². The van der Waals surface area contributed by atoms with Crippen molar-refractivity contribution >= 4 is 21.8 Å². The number of aryl methyl sites for hydroxylation is 1. The van der Waals surface area contributed by atoms with Crippen LogP contribution in [0.3, 0.4) is 0 Å². The Morgan fingerprint density at radius 3 is 2.12 bits per heavy atom. The molecular weight excluding hydrogens is 290 g/mol. The molecule has 24 heavy (non-hydrogen) atoms. The second kappa shape index (κ2) is 5.24. The van der Waals surface area contributed by atoms with E-state index in [1.807, 2.05) is 0 Å². The van der Waals surface area contributed by atoms with Crippen LogP contribution in [0.15, 0.2) is 66.7 Å². The minimum Gasteiger partial charge on any atom is -0.309 e. The van der Waals surface area contributed by atoms with Crippen LogP contribution in [-0.2, 0) is 5.41 Å². The van der Waals surface area contributed by atoms with Crippen LogP contribution in [0, 0.1) is 6.92 Å². The Morgan fingerprint density at radius 2 is 1.42 bits per heavy atom. The third-order valence-electron chi connectivity index (χ3n) is 4.84. The van der Waals surface area contributed by atoms with E-state index in [9.17, 15) is 0 Å². The average Bonchev–Trinajstić information content (AvgIpc) is 2.90. The predicted octanol–water partition coefficient (Wildman–Crippen LogP) is 6.39. The van der Waals surface area contributed by atoms with Crippen LogP contribution in [0.25, 0.3) is 27.5 Å². The molecule has 1 nitrogen and oxygen atoms in total. The van der Waals surface area contributed by atoms with E-state index in [4.69, 9.17) is 0 Å². The molecule has 1 heteroatoms. The molecule has 0 radical (unpaired) electrons. The Balaban J connectivity index is 2.19. The van der Waals surface area contributed by atoms with E-state index in [-0.39, 0.29) is 5.41 Å². The molecule has 0 aliphatic carbocycles. The largest absolute Gasteiger partial charge is 0.309 e. The van der Waals surface area contributed by atoms with Gasteiger partial charge in [-0.2, -0.15) is 0 Å². The standard InChI is InChI=1S/C23H23N/c1-16-14-17(23(2,3)4)15-20-19-12-8-9-13-21(19)24(22(16)20)18-10-6-5-7-11-18/h5-15H,1-4H3. The van der Waals surface area contributed by atoms with E-state index in [2.05, 4.69) is 99.0 Å². The Kier molecular flexibility index (Phi) is 3.28. The zero-order valence-corrected chi connectivity index (χ0v) is 14.8. The molecular formula is C23H23N. The first kappa shape index (κ1) is 15.0. The van der Waals surface area contributed by atoms with Gasteiger partial charge in [0.25, 0.3) is 0 Å². The lowest BCUT2D eigenvalue weighted by molar-refractivity contribution is 0.590. The summed E-state index contributed by atoms with van der Waals surface area (Å²) in [6.45, 7) is 9.08. The van der Waals surface area contributed by atoms with E-state index >= 15 is 0 Å². The highest BCUT2D eigenvalue weighted by Gasteiger charge is 2.19. The molecule has 0 N–H and O–H groups in total. The van der Waals surface area contributed by atoms with Gasteiger partial charge in [0.05, 0.1) is 11.0 Å². The lowest BCUT2D eigenvalue weighted by Gasteiger charge is -2.20. The molecule has 4 rings (SSSR count). The fourth-order valence-corrected chi connectivity index (χ4v) is 3.58. The number of hydrogen-bond acceptors (Lipinski definition) is 0. The van der Waals surface area contributed by atoms with Gasteiger partial charge >= 0.3 is 0 Å². The number of para-hydroxylation sites is 2. The Bertz CT molecular complexity index is 1030. The Labute approximate surface area is 143 Å². The third-order valence-corrected chi connectivity index (χ3v) is 4.84. The number of fused-ring (bicyclic) bond motifs is 3. The van der Waals surface area contributed by atoms with Gasteiger partial charge in [-0.25, -0.2) is 0 Å². The van der Waals surface area contributed by atoms with Crippen molar-refractivity contribution in [2.24, 2.45) is 0 Å². The molecule has 0 unspecified atom stereocenters. The van der Waals surface area contributed by atoms with Crippen molar-refractivity contribution in [3.05, 3.63) is 77.9 Å². The minimum absolute atomic E-state index is 0.148. The van der Waals surface area contributed by atoms with Gasteiger partial charge in [0.1, 0.15) is 0 Å². The van der Waals surface area contributed by atoms with Crippen molar-refractivity contribution in [2.45, 2.75) is 33.1 Å². The van der Waals surface area contributed by atoms with Crippen LogP contribution in [0.4, 0.5) is 0 Å². The van der Waals surface area contributed by atoms with Gasteiger partial charge in [0.2, 0.25) is 0 Å². The van der Waals surface area contributed by atoms with E-state index in [0.29, 0.717) is 0 Å². The minimum atomic E-state index is 0.148. The zero-order valence-electron chi connectivity index (χ0n) is 14.8. The molecule has 120 valence electrons. The summed E-state index contributed by atoms with van der Waals surface area (Å²) in [5, 5.41) is 2.67. The number of hydrogen-bond donors (Lipinski definition) is 0.